The van der Waals surface area contributed by atoms with Crippen molar-refractivity contribution in [3.8, 4) is 5.75 Å². The number of rotatable bonds is 4. The summed E-state index contributed by atoms with van der Waals surface area (Å²) in [6, 6.07) is 5.07. The average Bonchev–Trinajstić information content (AvgIpc) is 3.08. The minimum Gasteiger partial charge on any atom is -0.486 e. The Bertz CT molecular complexity index is 816. The maximum absolute atomic E-state index is 11.3. The van der Waals surface area contributed by atoms with Crippen molar-refractivity contribution in [1.29, 1.82) is 0 Å². The van der Waals surface area contributed by atoms with Crippen molar-refractivity contribution < 1.29 is 23.5 Å². The van der Waals surface area contributed by atoms with Gasteiger partial charge in [0, 0.05) is 5.39 Å². The Morgan fingerprint density at radius 3 is 2.65 bits per heavy atom. The number of fused-ring (bicyclic) bond motifs is 1. The predicted octanol–water partition coefficient (Wildman–Crippen LogP) is 4.34. The summed E-state index contributed by atoms with van der Waals surface area (Å²) in [6.45, 7) is 7.69. The molecule has 0 fully saturated rings. The van der Waals surface area contributed by atoms with Gasteiger partial charge in [-0.3, -0.25) is 0 Å². The lowest BCUT2D eigenvalue weighted by molar-refractivity contribution is 0.0697. The Kier molecular flexibility index (Phi) is 5.05. The fourth-order valence-electron chi connectivity index (χ4n) is 2.17. The first-order valence-electron chi connectivity index (χ1n) is 7.34. The molecule has 0 atom stereocenters. The first-order chi connectivity index (χ1) is 11.1. The van der Waals surface area contributed by atoms with Gasteiger partial charge in [0.05, 0.1) is 5.69 Å². The number of carboxylic acid groups (broad SMARTS) is 1. The summed E-state index contributed by atoms with van der Waals surface area (Å²) < 4.78 is 16.2. The van der Waals surface area contributed by atoms with Crippen LogP contribution in [0.4, 0.5) is 0 Å². The maximum Gasteiger partial charge on any atom is 0.339 e. The summed E-state index contributed by atoms with van der Waals surface area (Å²) in [5.41, 5.74) is 1.45. The van der Waals surface area contributed by atoms with Crippen LogP contribution in [0.5, 0.6) is 5.75 Å². The number of benzene rings is 1. The summed E-state index contributed by atoms with van der Waals surface area (Å²) in [6.07, 6.45) is 1.36. The van der Waals surface area contributed by atoms with Gasteiger partial charge in [-0.2, -0.15) is 0 Å². The molecule has 3 aromatic rings. The van der Waals surface area contributed by atoms with Gasteiger partial charge in [-0.15, -0.1) is 0 Å². The lowest BCUT2D eigenvalue weighted by Crippen LogP contribution is -1.98. The van der Waals surface area contributed by atoms with Gasteiger partial charge >= 0.3 is 5.97 Å². The van der Waals surface area contributed by atoms with E-state index in [1.807, 2.05) is 20.8 Å². The number of carbonyl (C=O) groups is 1. The van der Waals surface area contributed by atoms with Gasteiger partial charge in [-0.25, -0.2) is 9.78 Å². The predicted molar refractivity (Wildman–Crippen MR) is 84.8 cm³/mol. The summed E-state index contributed by atoms with van der Waals surface area (Å²) in [5.74, 6) is 0.536. The fourth-order valence-corrected chi connectivity index (χ4v) is 2.17. The van der Waals surface area contributed by atoms with E-state index in [1.54, 1.807) is 25.1 Å². The second-order valence-electron chi connectivity index (χ2n) is 4.65. The second kappa shape index (κ2) is 7.00. The van der Waals surface area contributed by atoms with Crippen LogP contribution in [0.15, 0.2) is 33.4 Å². The molecule has 0 bridgehead atoms. The quantitative estimate of drug-likeness (QED) is 0.770. The maximum atomic E-state index is 11.3. The van der Waals surface area contributed by atoms with Crippen LogP contribution in [0, 0.1) is 13.8 Å². The molecule has 6 nitrogen and oxygen atoms in total. The summed E-state index contributed by atoms with van der Waals surface area (Å²) in [5, 5.41) is 9.76. The molecule has 2 aromatic heterocycles. The zero-order valence-electron chi connectivity index (χ0n) is 13.5. The lowest BCUT2D eigenvalue weighted by Gasteiger charge is -2.04. The van der Waals surface area contributed by atoms with Crippen molar-refractivity contribution >= 4 is 16.9 Å². The first-order valence-corrected chi connectivity index (χ1v) is 7.34. The number of oxazole rings is 1. The van der Waals surface area contributed by atoms with Crippen LogP contribution in [-0.4, -0.2) is 16.1 Å². The number of hydrogen-bond acceptors (Lipinski definition) is 5. The van der Waals surface area contributed by atoms with E-state index in [1.165, 1.54) is 6.39 Å². The normalized spacial score (nSPS) is 10.3. The van der Waals surface area contributed by atoms with Crippen LogP contribution < -0.4 is 4.74 Å². The largest absolute Gasteiger partial charge is 0.486 e. The highest BCUT2D eigenvalue weighted by atomic mass is 16.5. The van der Waals surface area contributed by atoms with Crippen molar-refractivity contribution in [1.82, 2.24) is 4.98 Å². The molecule has 0 saturated carbocycles. The average molecular weight is 317 g/mol. The van der Waals surface area contributed by atoms with Gasteiger partial charge in [-0.1, -0.05) is 13.8 Å². The molecule has 6 heteroatoms. The van der Waals surface area contributed by atoms with Crippen LogP contribution in [0.25, 0.3) is 11.0 Å². The van der Waals surface area contributed by atoms with Gasteiger partial charge in [-0.05, 0) is 32.0 Å². The minimum atomic E-state index is -1.02. The Morgan fingerprint density at radius 1 is 1.30 bits per heavy atom. The van der Waals surface area contributed by atoms with Crippen molar-refractivity contribution in [3.05, 3.63) is 47.4 Å². The van der Waals surface area contributed by atoms with E-state index in [-0.39, 0.29) is 12.2 Å². The Balaban J connectivity index is 0.000000924. The molecule has 0 unspecified atom stereocenters. The monoisotopic (exact) mass is 317 g/mol. The van der Waals surface area contributed by atoms with Crippen molar-refractivity contribution in [2.75, 3.05) is 0 Å². The minimum absolute atomic E-state index is 0.159. The summed E-state index contributed by atoms with van der Waals surface area (Å²) >= 11 is 0. The van der Waals surface area contributed by atoms with Gasteiger partial charge in [0.2, 0.25) is 0 Å². The highest BCUT2D eigenvalue weighted by molar-refractivity contribution is 6.03. The number of nitrogens with zero attached hydrogens (tertiary/aromatic N) is 1. The first kappa shape index (κ1) is 16.6. The summed E-state index contributed by atoms with van der Waals surface area (Å²) in [4.78, 5) is 15.3. The smallest absolute Gasteiger partial charge is 0.339 e. The van der Waals surface area contributed by atoms with Gasteiger partial charge in [0.15, 0.2) is 12.2 Å². The Morgan fingerprint density at radius 2 is 2.04 bits per heavy atom. The zero-order chi connectivity index (χ0) is 17.0. The van der Waals surface area contributed by atoms with Gasteiger partial charge in [0.1, 0.15) is 29.3 Å². The second-order valence-corrected chi connectivity index (χ2v) is 4.65. The molecule has 122 valence electrons. The number of carboxylic acids is 1. The molecular formula is C17H19NO5. The van der Waals surface area contributed by atoms with E-state index < -0.39 is 5.97 Å². The van der Waals surface area contributed by atoms with Crippen LogP contribution >= 0.6 is 0 Å². The van der Waals surface area contributed by atoms with Crippen molar-refractivity contribution in [2.24, 2.45) is 0 Å². The van der Waals surface area contributed by atoms with E-state index >= 15 is 0 Å². The molecule has 1 aromatic carbocycles. The topological polar surface area (TPSA) is 85.7 Å². The van der Waals surface area contributed by atoms with Crippen LogP contribution in [-0.2, 0) is 6.61 Å². The molecule has 0 radical (unpaired) electrons. The molecule has 23 heavy (non-hydrogen) atoms. The third kappa shape index (κ3) is 3.36. The number of aromatic nitrogens is 1. The highest BCUT2D eigenvalue weighted by Gasteiger charge is 2.18. The number of hydrogen-bond donors (Lipinski definition) is 1. The van der Waals surface area contributed by atoms with Crippen molar-refractivity contribution in [3.63, 3.8) is 0 Å². The number of aryl methyl sites for hydroxylation is 2. The van der Waals surface area contributed by atoms with Crippen LogP contribution in [0.3, 0.4) is 0 Å². The summed E-state index contributed by atoms with van der Waals surface area (Å²) in [7, 11) is 0. The molecule has 2 heterocycles. The van der Waals surface area contributed by atoms with E-state index in [0.29, 0.717) is 28.2 Å². The Hall–Kier alpha value is -2.76. The van der Waals surface area contributed by atoms with Crippen LogP contribution in [0.1, 0.15) is 41.4 Å². The molecule has 0 saturated heterocycles. The van der Waals surface area contributed by atoms with E-state index in [2.05, 4.69) is 4.98 Å². The lowest BCUT2D eigenvalue weighted by atomic mass is 10.1. The van der Waals surface area contributed by atoms with Crippen LogP contribution in [0.2, 0.25) is 0 Å². The third-order valence-electron chi connectivity index (χ3n) is 3.26. The van der Waals surface area contributed by atoms with E-state index in [4.69, 9.17) is 13.6 Å². The number of aromatic carboxylic acids is 1. The van der Waals surface area contributed by atoms with Gasteiger partial charge < -0.3 is 18.7 Å². The van der Waals surface area contributed by atoms with Crippen molar-refractivity contribution in [2.45, 2.75) is 34.3 Å². The molecule has 0 aliphatic heterocycles. The number of ether oxygens (including phenoxy) is 1. The molecule has 1 N–H and O–H groups in total. The van der Waals surface area contributed by atoms with E-state index in [9.17, 15) is 9.90 Å². The molecular weight excluding hydrogens is 298 g/mol. The molecule has 0 aliphatic carbocycles. The fraction of sp³-hybridized carbons (Fsp3) is 0.294. The SMILES string of the molecule is CC.Cc1ncoc1COc1ccc2oc(C)c(C(=O)O)c2c1. The molecule has 3 rings (SSSR count). The zero-order valence-corrected chi connectivity index (χ0v) is 13.5. The molecule has 0 spiro atoms. The highest BCUT2D eigenvalue weighted by Crippen LogP contribution is 2.29. The standard InChI is InChI=1S/C15H13NO5.C2H6/c1-8-13(20-7-16-8)6-19-10-3-4-12-11(5-10)14(15(17)18)9(2)21-12;1-2/h3-5,7H,6H2,1-2H3,(H,17,18);1-2H3. The molecule has 0 amide bonds. The third-order valence-corrected chi connectivity index (χ3v) is 3.26. The number of furan rings is 1. The molecule has 0 aliphatic rings. The Labute approximate surface area is 133 Å². The van der Waals surface area contributed by atoms with E-state index in [0.717, 1.165) is 5.69 Å². The van der Waals surface area contributed by atoms with Gasteiger partial charge in [0.25, 0.3) is 0 Å².